The fourth-order valence-electron chi connectivity index (χ4n) is 2.79. The quantitative estimate of drug-likeness (QED) is 0.710. The van der Waals surface area contributed by atoms with Crippen LogP contribution in [0.1, 0.15) is 40.2 Å². The van der Waals surface area contributed by atoms with Crippen molar-refractivity contribution in [3.63, 3.8) is 0 Å². The smallest absolute Gasteiger partial charge is 0.251 e. The van der Waals surface area contributed by atoms with E-state index in [1.54, 1.807) is 17.8 Å². The van der Waals surface area contributed by atoms with Crippen LogP contribution in [0.15, 0.2) is 29.3 Å². The molecule has 0 unspecified atom stereocenters. The molecule has 0 spiro atoms. The van der Waals surface area contributed by atoms with Gasteiger partial charge in [0.05, 0.1) is 5.54 Å². The topological polar surface area (TPSA) is 20.3 Å². The molecule has 0 saturated heterocycles. The Kier molecular flexibility index (Phi) is 5.20. The van der Waals surface area contributed by atoms with Crippen LogP contribution < -0.4 is 0 Å². The van der Waals surface area contributed by atoms with Crippen molar-refractivity contribution in [3.05, 3.63) is 45.0 Å². The van der Waals surface area contributed by atoms with Crippen LogP contribution in [-0.2, 0) is 10.3 Å². The lowest BCUT2D eigenvalue weighted by atomic mass is 9.92. The summed E-state index contributed by atoms with van der Waals surface area (Å²) in [6.45, 7) is 10.1. The third kappa shape index (κ3) is 3.04. The van der Waals surface area contributed by atoms with Crippen molar-refractivity contribution in [2.24, 2.45) is 0 Å². The molecular weight excluding hydrogens is 337 g/mol. The van der Waals surface area contributed by atoms with E-state index in [2.05, 4.69) is 6.92 Å². The molecule has 5 heteroatoms. The fourth-order valence-corrected chi connectivity index (χ4v) is 4.56. The minimum absolute atomic E-state index is 0.0604. The molecule has 2 nitrogen and oxygen atoms in total. The maximum absolute atomic E-state index is 12.8. The SMILES string of the molecule is CCS[C@@H]1C(C)=C(C)C(=O)N1C(C)(C)c1cc(Cl)cc(Cl)c1. The number of thioether (sulfide) groups is 1. The molecule has 0 N–H and O–H groups in total. The summed E-state index contributed by atoms with van der Waals surface area (Å²) >= 11 is 14.1. The number of carbonyl (C=O) groups is 1. The zero-order valence-electron chi connectivity index (χ0n) is 13.5. The Morgan fingerprint density at radius 3 is 2.23 bits per heavy atom. The average Bonchev–Trinajstić information content (AvgIpc) is 2.63. The monoisotopic (exact) mass is 357 g/mol. The van der Waals surface area contributed by atoms with Gasteiger partial charge in [0.25, 0.3) is 5.91 Å². The van der Waals surface area contributed by atoms with Crippen molar-refractivity contribution in [1.29, 1.82) is 0 Å². The Balaban J connectivity index is 2.49. The first-order chi connectivity index (χ1) is 10.2. The van der Waals surface area contributed by atoms with Crippen molar-refractivity contribution < 1.29 is 4.79 Å². The second kappa shape index (κ2) is 6.46. The third-order valence-electron chi connectivity index (χ3n) is 4.23. The van der Waals surface area contributed by atoms with E-state index in [9.17, 15) is 4.79 Å². The van der Waals surface area contributed by atoms with Crippen LogP contribution in [0.3, 0.4) is 0 Å². The number of halogens is 2. The first kappa shape index (κ1) is 17.7. The molecule has 0 saturated carbocycles. The largest absolute Gasteiger partial charge is 0.314 e. The number of nitrogens with zero attached hydrogens (tertiary/aromatic N) is 1. The molecule has 0 bridgehead atoms. The number of hydrogen-bond donors (Lipinski definition) is 0. The molecule has 22 heavy (non-hydrogen) atoms. The van der Waals surface area contributed by atoms with Crippen LogP contribution in [0.4, 0.5) is 0 Å². The Bertz CT molecular complexity index is 619. The maximum Gasteiger partial charge on any atom is 0.251 e. The highest BCUT2D eigenvalue weighted by molar-refractivity contribution is 8.00. The van der Waals surface area contributed by atoms with Crippen molar-refractivity contribution in [2.75, 3.05) is 5.75 Å². The van der Waals surface area contributed by atoms with Crippen molar-refractivity contribution in [2.45, 2.75) is 45.5 Å². The Morgan fingerprint density at radius 2 is 1.73 bits per heavy atom. The molecular formula is C17H21Cl2NOS. The molecule has 1 heterocycles. The molecule has 120 valence electrons. The van der Waals surface area contributed by atoms with Crippen LogP contribution in [0.5, 0.6) is 0 Å². The van der Waals surface area contributed by atoms with Gasteiger partial charge >= 0.3 is 0 Å². The third-order valence-corrected chi connectivity index (χ3v) is 5.88. The van der Waals surface area contributed by atoms with E-state index < -0.39 is 5.54 Å². The second-order valence-electron chi connectivity index (χ2n) is 6.01. The van der Waals surface area contributed by atoms with Gasteiger partial charge in [-0.15, -0.1) is 11.8 Å². The molecule has 0 radical (unpaired) electrons. The maximum atomic E-state index is 12.8. The minimum atomic E-state index is -0.489. The highest BCUT2D eigenvalue weighted by Gasteiger charge is 2.44. The van der Waals surface area contributed by atoms with Gasteiger partial charge in [0.2, 0.25) is 0 Å². The number of benzene rings is 1. The van der Waals surface area contributed by atoms with Crippen LogP contribution in [0, 0.1) is 0 Å². The average molecular weight is 358 g/mol. The lowest BCUT2D eigenvalue weighted by molar-refractivity contribution is -0.131. The van der Waals surface area contributed by atoms with Crippen LogP contribution in [0.25, 0.3) is 0 Å². The van der Waals surface area contributed by atoms with Gasteiger partial charge in [-0.05, 0) is 62.8 Å². The molecule has 0 aliphatic carbocycles. The van der Waals surface area contributed by atoms with Gasteiger partial charge in [0.15, 0.2) is 0 Å². The van der Waals surface area contributed by atoms with Crippen LogP contribution >= 0.6 is 35.0 Å². The minimum Gasteiger partial charge on any atom is -0.314 e. The molecule has 1 aliphatic heterocycles. The van der Waals surface area contributed by atoms with Gasteiger partial charge in [-0.2, -0.15) is 0 Å². The molecule has 0 aromatic heterocycles. The number of carbonyl (C=O) groups excluding carboxylic acids is 1. The summed E-state index contributed by atoms with van der Waals surface area (Å²) in [7, 11) is 0. The van der Waals surface area contributed by atoms with E-state index in [1.807, 2.05) is 44.7 Å². The number of hydrogen-bond acceptors (Lipinski definition) is 2. The molecule has 0 fully saturated rings. The molecule has 1 aliphatic rings. The van der Waals surface area contributed by atoms with E-state index in [-0.39, 0.29) is 11.3 Å². The zero-order valence-corrected chi connectivity index (χ0v) is 15.9. The summed E-state index contributed by atoms with van der Waals surface area (Å²) in [5.41, 5.74) is 2.44. The predicted molar refractivity (Wildman–Crippen MR) is 96.6 cm³/mol. The fraction of sp³-hybridized carbons (Fsp3) is 0.471. The van der Waals surface area contributed by atoms with E-state index in [4.69, 9.17) is 23.2 Å². The normalized spacial score (nSPS) is 19.3. The van der Waals surface area contributed by atoms with Gasteiger partial charge in [-0.3, -0.25) is 4.79 Å². The molecule has 1 aromatic carbocycles. The lowest BCUT2D eigenvalue weighted by Crippen LogP contribution is -2.47. The van der Waals surface area contributed by atoms with Gasteiger partial charge in [-0.25, -0.2) is 0 Å². The van der Waals surface area contributed by atoms with Crippen molar-refractivity contribution in [1.82, 2.24) is 4.90 Å². The summed E-state index contributed by atoms with van der Waals surface area (Å²) in [6, 6.07) is 5.48. The second-order valence-corrected chi connectivity index (χ2v) is 8.24. The Labute approximate surface area is 146 Å². The zero-order chi connectivity index (χ0) is 16.7. The van der Waals surface area contributed by atoms with E-state index in [0.717, 1.165) is 22.5 Å². The molecule has 1 amide bonds. The first-order valence-corrected chi connectivity index (χ1v) is 9.09. The van der Waals surface area contributed by atoms with E-state index in [0.29, 0.717) is 10.0 Å². The predicted octanol–water partition coefficient (Wildman–Crippen LogP) is 5.49. The summed E-state index contributed by atoms with van der Waals surface area (Å²) in [4.78, 5) is 14.7. The van der Waals surface area contributed by atoms with E-state index >= 15 is 0 Å². The number of amides is 1. The molecule has 1 atom stereocenters. The molecule has 2 rings (SSSR count). The van der Waals surface area contributed by atoms with Crippen molar-refractivity contribution in [3.8, 4) is 0 Å². The first-order valence-electron chi connectivity index (χ1n) is 7.29. The summed E-state index contributed by atoms with van der Waals surface area (Å²) < 4.78 is 0. The standard InChI is InChI=1S/C17H21Cl2NOS/c1-6-22-16-11(3)10(2)15(21)20(16)17(4,5)12-7-13(18)9-14(19)8-12/h7-9,16H,6H2,1-5H3/t16-/m1/s1. The van der Waals surface area contributed by atoms with Crippen LogP contribution in [0.2, 0.25) is 10.0 Å². The highest BCUT2D eigenvalue weighted by atomic mass is 35.5. The summed E-state index contributed by atoms with van der Waals surface area (Å²) in [5.74, 6) is 1.04. The van der Waals surface area contributed by atoms with E-state index in [1.165, 1.54) is 0 Å². The Hall–Kier alpha value is -0.640. The van der Waals surface area contributed by atoms with Crippen molar-refractivity contribution >= 4 is 40.9 Å². The number of rotatable bonds is 4. The summed E-state index contributed by atoms with van der Waals surface area (Å²) in [6.07, 6.45) is 0. The molecule has 1 aromatic rings. The highest BCUT2D eigenvalue weighted by Crippen LogP contribution is 2.42. The van der Waals surface area contributed by atoms with Gasteiger partial charge in [0, 0.05) is 15.6 Å². The van der Waals surface area contributed by atoms with Gasteiger partial charge in [-0.1, -0.05) is 30.1 Å². The Morgan fingerprint density at radius 1 is 1.18 bits per heavy atom. The van der Waals surface area contributed by atoms with Gasteiger partial charge < -0.3 is 4.90 Å². The lowest BCUT2D eigenvalue weighted by Gasteiger charge is -2.41. The van der Waals surface area contributed by atoms with Gasteiger partial charge in [0.1, 0.15) is 5.37 Å². The van der Waals surface area contributed by atoms with Crippen LogP contribution in [-0.4, -0.2) is 21.9 Å². The summed E-state index contributed by atoms with van der Waals surface area (Å²) in [5, 5.41) is 1.23.